The van der Waals surface area contributed by atoms with Gasteiger partial charge in [0.1, 0.15) is 17.6 Å². The minimum atomic E-state index is -1.02. The maximum atomic E-state index is 10.1. The average molecular weight is 269 g/mol. The van der Waals surface area contributed by atoms with Crippen molar-refractivity contribution < 1.29 is 24.8 Å². The number of aliphatic hydroxyl groups excluding tert-OH is 3. The van der Waals surface area contributed by atoms with Crippen LogP contribution in [0.25, 0.3) is 0 Å². The molecular formula is C13H19NO5. The van der Waals surface area contributed by atoms with Gasteiger partial charge in [0.15, 0.2) is 0 Å². The maximum Gasteiger partial charge on any atom is 0.124 e. The Morgan fingerprint density at radius 2 is 1.89 bits per heavy atom. The Morgan fingerprint density at radius 3 is 2.42 bits per heavy atom. The van der Waals surface area contributed by atoms with Crippen LogP contribution < -0.4 is 14.8 Å². The summed E-state index contributed by atoms with van der Waals surface area (Å²) in [7, 11) is 3.09. The fraction of sp³-hybridized carbons (Fsp3) is 0.538. The van der Waals surface area contributed by atoms with Crippen LogP contribution in [0.5, 0.6) is 11.5 Å². The number of aliphatic hydroxyl groups is 3. The first kappa shape index (κ1) is 14.1. The molecule has 1 fully saturated rings. The Bertz CT molecular complexity index is 439. The van der Waals surface area contributed by atoms with Gasteiger partial charge in [-0.25, -0.2) is 0 Å². The molecule has 0 bridgehead atoms. The molecule has 0 aliphatic carbocycles. The molecule has 1 heterocycles. The average Bonchev–Trinajstić information content (AvgIpc) is 2.74. The Balaban J connectivity index is 2.35. The summed E-state index contributed by atoms with van der Waals surface area (Å²) in [5.41, 5.74) is 0.685. The molecule has 0 radical (unpaired) electrons. The molecule has 0 unspecified atom stereocenters. The number of ether oxygens (including phenoxy) is 2. The number of hydrogen-bond acceptors (Lipinski definition) is 6. The van der Waals surface area contributed by atoms with Gasteiger partial charge in [-0.2, -0.15) is 0 Å². The number of nitrogens with one attached hydrogen (secondary N) is 1. The molecule has 1 aromatic rings. The second kappa shape index (κ2) is 5.75. The first-order chi connectivity index (χ1) is 9.12. The largest absolute Gasteiger partial charge is 0.497 e. The molecule has 6 nitrogen and oxygen atoms in total. The number of benzene rings is 1. The Morgan fingerprint density at radius 1 is 1.16 bits per heavy atom. The van der Waals surface area contributed by atoms with E-state index in [-0.39, 0.29) is 6.61 Å². The normalized spacial score (nSPS) is 30.4. The highest BCUT2D eigenvalue weighted by Crippen LogP contribution is 2.35. The lowest BCUT2D eigenvalue weighted by Gasteiger charge is -2.19. The molecule has 106 valence electrons. The topological polar surface area (TPSA) is 91.2 Å². The summed E-state index contributed by atoms with van der Waals surface area (Å²) < 4.78 is 10.4. The van der Waals surface area contributed by atoms with Gasteiger partial charge in [-0.15, -0.1) is 0 Å². The van der Waals surface area contributed by atoms with Crippen molar-refractivity contribution in [1.29, 1.82) is 0 Å². The highest BCUT2D eigenvalue weighted by molar-refractivity contribution is 5.43. The third-order valence-electron chi connectivity index (χ3n) is 3.47. The van der Waals surface area contributed by atoms with Gasteiger partial charge in [0, 0.05) is 5.56 Å². The molecular weight excluding hydrogens is 250 g/mol. The van der Waals surface area contributed by atoms with Crippen molar-refractivity contribution in [3.8, 4) is 11.5 Å². The van der Waals surface area contributed by atoms with Crippen molar-refractivity contribution in [3.63, 3.8) is 0 Å². The second-order valence-electron chi connectivity index (χ2n) is 4.52. The quantitative estimate of drug-likeness (QED) is 0.585. The molecule has 6 heteroatoms. The SMILES string of the molecule is COc1ccc(OC)c([C@H]2N[C@H](CO)[C@@H](O)[C@@H]2O)c1. The highest BCUT2D eigenvalue weighted by atomic mass is 16.5. The molecule has 4 N–H and O–H groups in total. The van der Waals surface area contributed by atoms with E-state index in [1.165, 1.54) is 7.11 Å². The van der Waals surface area contributed by atoms with E-state index >= 15 is 0 Å². The molecule has 2 rings (SSSR count). The zero-order valence-electron chi connectivity index (χ0n) is 10.9. The van der Waals surface area contributed by atoms with Gasteiger partial charge in [0.05, 0.1) is 39.0 Å². The van der Waals surface area contributed by atoms with Crippen LogP contribution in [0.15, 0.2) is 18.2 Å². The van der Waals surface area contributed by atoms with Crippen LogP contribution in [0.3, 0.4) is 0 Å². The Labute approximate surface area is 111 Å². The van der Waals surface area contributed by atoms with Gasteiger partial charge in [-0.05, 0) is 18.2 Å². The summed E-state index contributed by atoms with van der Waals surface area (Å²) in [6.07, 6.45) is -2.04. The molecule has 0 saturated carbocycles. The summed E-state index contributed by atoms with van der Waals surface area (Å²) in [5, 5.41) is 32.1. The smallest absolute Gasteiger partial charge is 0.124 e. The zero-order valence-corrected chi connectivity index (χ0v) is 10.9. The van der Waals surface area contributed by atoms with Crippen LogP contribution in [-0.4, -0.2) is 54.4 Å². The molecule has 4 atom stereocenters. The van der Waals surface area contributed by atoms with Gasteiger partial charge >= 0.3 is 0 Å². The van der Waals surface area contributed by atoms with Crippen molar-refractivity contribution in [2.24, 2.45) is 0 Å². The minimum Gasteiger partial charge on any atom is -0.497 e. The lowest BCUT2D eigenvalue weighted by atomic mass is 10.00. The van der Waals surface area contributed by atoms with E-state index < -0.39 is 24.3 Å². The molecule has 1 aliphatic heterocycles. The van der Waals surface area contributed by atoms with Crippen molar-refractivity contribution in [1.82, 2.24) is 5.32 Å². The maximum absolute atomic E-state index is 10.1. The first-order valence-corrected chi connectivity index (χ1v) is 6.07. The third-order valence-corrected chi connectivity index (χ3v) is 3.47. The molecule has 0 amide bonds. The van der Waals surface area contributed by atoms with Gasteiger partial charge < -0.3 is 30.1 Å². The predicted octanol–water partition coefficient (Wildman–Crippen LogP) is -0.569. The van der Waals surface area contributed by atoms with Gasteiger partial charge in [0.2, 0.25) is 0 Å². The molecule has 0 aromatic heterocycles. The second-order valence-corrected chi connectivity index (χ2v) is 4.52. The summed E-state index contributed by atoms with van der Waals surface area (Å²) in [6, 6.07) is 4.16. The van der Waals surface area contributed by atoms with Crippen LogP contribution in [0, 0.1) is 0 Å². The number of rotatable bonds is 4. The summed E-state index contributed by atoms with van der Waals surface area (Å²) in [4.78, 5) is 0. The monoisotopic (exact) mass is 269 g/mol. The molecule has 1 aliphatic rings. The van der Waals surface area contributed by atoms with Crippen molar-refractivity contribution in [2.75, 3.05) is 20.8 Å². The fourth-order valence-electron chi connectivity index (χ4n) is 2.38. The Hall–Kier alpha value is -1.34. The van der Waals surface area contributed by atoms with Gasteiger partial charge in [-0.3, -0.25) is 0 Å². The van der Waals surface area contributed by atoms with E-state index in [1.807, 2.05) is 0 Å². The van der Waals surface area contributed by atoms with E-state index in [1.54, 1.807) is 25.3 Å². The van der Waals surface area contributed by atoms with Crippen LogP contribution >= 0.6 is 0 Å². The molecule has 0 spiro atoms. The summed E-state index contributed by atoms with van der Waals surface area (Å²) >= 11 is 0. The lowest BCUT2D eigenvalue weighted by molar-refractivity contribution is 0.0192. The summed E-state index contributed by atoms with van der Waals surface area (Å²) in [5.74, 6) is 1.22. The molecule has 19 heavy (non-hydrogen) atoms. The van der Waals surface area contributed by atoms with Crippen LogP contribution in [0.1, 0.15) is 11.6 Å². The predicted molar refractivity (Wildman–Crippen MR) is 68.3 cm³/mol. The minimum absolute atomic E-state index is 0.249. The van der Waals surface area contributed by atoms with Crippen LogP contribution in [-0.2, 0) is 0 Å². The first-order valence-electron chi connectivity index (χ1n) is 6.07. The molecule has 1 aromatic carbocycles. The highest BCUT2D eigenvalue weighted by Gasteiger charge is 2.42. The van der Waals surface area contributed by atoms with Crippen LogP contribution in [0.4, 0.5) is 0 Å². The van der Waals surface area contributed by atoms with Crippen molar-refractivity contribution in [3.05, 3.63) is 23.8 Å². The number of hydrogen-bond donors (Lipinski definition) is 4. The fourth-order valence-corrected chi connectivity index (χ4v) is 2.38. The van der Waals surface area contributed by atoms with Crippen molar-refractivity contribution >= 4 is 0 Å². The number of methoxy groups -OCH3 is 2. The van der Waals surface area contributed by atoms with Gasteiger partial charge in [-0.1, -0.05) is 0 Å². The third kappa shape index (κ3) is 2.52. The van der Waals surface area contributed by atoms with E-state index in [0.717, 1.165) is 0 Å². The van der Waals surface area contributed by atoms with Gasteiger partial charge in [0.25, 0.3) is 0 Å². The van der Waals surface area contributed by atoms with Crippen molar-refractivity contribution in [2.45, 2.75) is 24.3 Å². The Kier molecular flexibility index (Phi) is 4.26. The standard InChI is InChI=1S/C13H19NO5/c1-18-7-3-4-10(19-2)8(5-7)11-13(17)12(16)9(6-15)14-11/h3-5,9,11-17H,6H2,1-2H3/t9-,11-,12-,13-/m1/s1. The summed E-state index contributed by atoms with van der Waals surface area (Å²) in [6.45, 7) is -0.249. The van der Waals surface area contributed by atoms with E-state index in [0.29, 0.717) is 17.1 Å². The van der Waals surface area contributed by atoms with E-state index in [4.69, 9.17) is 14.6 Å². The zero-order chi connectivity index (χ0) is 14.0. The van der Waals surface area contributed by atoms with E-state index in [2.05, 4.69) is 5.32 Å². The van der Waals surface area contributed by atoms with Crippen LogP contribution in [0.2, 0.25) is 0 Å². The van der Waals surface area contributed by atoms with E-state index in [9.17, 15) is 10.2 Å². The molecule has 1 saturated heterocycles. The lowest BCUT2D eigenvalue weighted by Crippen LogP contribution is -2.35.